The minimum absolute atomic E-state index is 0.0319. The van der Waals surface area contributed by atoms with E-state index in [4.69, 9.17) is 0 Å². The molecule has 8 heteroatoms. The van der Waals surface area contributed by atoms with Crippen molar-refractivity contribution in [3.05, 3.63) is 12.0 Å². The highest BCUT2D eigenvalue weighted by Crippen LogP contribution is 2.06. The molecular formula is C10H18N4O3S. The van der Waals surface area contributed by atoms with E-state index in [2.05, 4.69) is 20.0 Å². The van der Waals surface area contributed by atoms with E-state index < -0.39 is 16.1 Å². The number of amides is 1. The summed E-state index contributed by atoms with van der Waals surface area (Å²) in [6.45, 7) is 5.57. The molecule has 0 saturated carbocycles. The predicted molar refractivity (Wildman–Crippen MR) is 66.4 cm³/mol. The van der Waals surface area contributed by atoms with E-state index in [1.54, 1.807) is 6.92 Å². The highest BCUT2D eigenvalue weighted by atomic mass is 32.2. The Kier molecular flexibility index (Phi) is 4.85. The van der Waals surface area contributed by atoms with Gasteiger partial charge in [-0.1, -0.05) is 6.92 Å². The summed E-state index contributed by atoms with van der Waals surface area (Å²) >= 11 is 0. The molecule has 0 aliphatic rings. The van der Waals surface area contributed by atoms with Crippen molar-refractivity contribution in [3.63, 3.8) is 0 Å². The molecule has 0 spiro atoms. The largest absolute Gasteiger partial charge is 0.355 e. The molecule has 0 fully saturated rings. The molecule has 0 bridgehead atoms. The van der Waals surface area contributed by atoms with Gasteiger partial charge in [0.1, 0.15) is 5.82 Å². The Morgan fingerprint density at radius 2 is 2.17 bits per heavy atom. The summed E-state index contributed by atoms with van der Waals surface area (Å²) < 4.78 is 26.1. The third kappa shape index (κ3) is 3.54. The van der Waals surface area contributed by atoms with Gasteiger partial charge in [0.15, 0.2) is 5.03 Å². The number of imidazole rings is 1. The van der Waals surface area contributed by atoms with Crippen molar-refractivity contribution in [2.45, 2.75) is 38.3 Å². The minimum atomic E-state index is -3.74. The number of sulfonamides is 1. The lowest BCUT2D eigenvalue weighted by atomic mass is 10.3. The van der Waals surface area contributed by atoms with Crippen LogP contribution < -0.4 is 10.0 Å². The Morgan fingerprint density at radius 3 is 2.67 bits per heavy atom. The summed E-state index contributed by atoms with van der Waals surface area (Å²) in [7, 11) is -3.74. The number of aromatic nitrogens is 2. The maximum atomic E-state index is 11.9. The van der Waals surface area contributed by atoms with Gasteiger partial charge < -0.3 is 10.3 Å². The fourth-order valence-electron chi connectivity index (χ4n) is 1.34. The zero-order valence-corrected chi connectivity index (χ0v) is 11.5. The summed E-state index contributed by atoms with van der Waals surface area (Å²) in [5, 5.41) is 2.51. The van der Waals surface area contributed by atoms with Gasteiger partial charge in [-0.05, 0) is 13.8 Å². The number of carbonyl (C=O) groups excluding carboxylic acids is 1. The number of hydrogen-bond acceptors (Lipinski definition) is 4. The summed E-state index contributed by atoms with van der Waals surface area (Å²) in [4.78, 5) is 18.0. The first kappa shape index (κ1) is 14.7. The van der Waals surface area contributed by atoms with Crippen LogP contribution in [0.2, 0.25) is 0 Å². The number of H-pyrrole nitrogens is 1. The van der Waals surface area contributed by atoms with Crippen molar-refractivity contribution in [3.8, 4) is 0 Å². The molecule has 1 unspecified atom stereocenters. The van der Waals surface area contributed by atoms with Gasteiger partial charge in [-0.3, -0.25) is 4.79 Å². The second-order valence-corrected chi connectivity index (χ2v) is 5.47. The Balaban J connectivity index is 2.78. The average Bonchev–Trinajstić information content (AvgIpc) is 2.78. The second kappa shape index (κ2) is 5.96. The highest BCUT2D eigenvalue weighted by Gasteiger charge is 2.23. The first-order valence-electron chi connectivity index (χ1n) is 5.74. The van der Waals surface area contributed by atoms with Crippen molar-refractivity contribution < 1.29 is 13.2 Å². The van der Waals surface area contributed by atoms with E-state index in [9.17, 15) is 13.2 Å². The molecule has 0 aliphatic carbocycles. The second-order valence-electron chi connectivity index (χ2n) is 3.79. The molecule has 0 saturated heterocycles. The number of likely N-dealkylation sites (N-methyl/N-ethyl adjacent to an activating group) is 1. The molecule has 3 N–H and O–H groups in total. The van der Waals surface area contributed by atoms with Gasteiger partial charge in [0.25, 0.3) is 10.0 Å². The number of aromatic amines is 1. The number of nitrogens with one attached hydrogen (secondary N) is 3. The summed E-state index contributed by atoms with van der Waals surface area (Å²) in [5.41, 5.74) is 0. The molecule has 1 rings (SSSR count). The lowest BCUT2D eigenvalue weighted by molar-refractivity contribution is -0.122. The highest BCUT2D eigenvalue weighted by molar-refractivity contribution is 7.89. The smallest absolute Gasteiger partial charge is 0.258 e. The minimum Gasteiger partial charge on any atom is -0.355 e. The summed E-state index contributed by atoms with van der Waals surface area (Å²) in [5.74, 6) is 0.220. The van der Waals surface area contributed by atoms with E-state index >= 15 is 0 Å². The molecule has 0 radical (unpaired) electrons. The Hall–Kier alpha value is -1.41. The Morgan fingerprint density at radius 1 is 1.50 bits per heavy atom. The van der Waals surface area contributed by atoms with Gasteiger partial charge >= 0.3 is 0 Å². The van der Waals surface area contributed by atoms with E-state index in [0.717, 1.165) is 0 Å². The third-order valence-corrected chi connectivity index (χ3v) is 3.76. The van der Waals surface area contributed by atoms with Gasteiger partial charge in [-0.25, -0.2) is 13.4 Å². The molecule has 0 aliphatic heterocycles. The van der Waals surface area contributed by atoms with Crippen LogP contribution in [0.4, 0.5) is 0 Å². The fourth-order valence-corrected chi connectivity index (χ4v) is 2.48. The van der Waals surface area contributed by atoms with Crippen LogP contribution in [0.25, 0.3) is 0 Å². The van der Waals surface area contributed by atoms with Crippen LogP contribution >= 0.6 is 0 Å². The van der Waals surface area contributed by atoms with E-state index in [1.165, 1.54) is 13.1 Å². The standard InChI is InChI=1S/C10H18N4O3S/c1-4-8-12-6-9(13-8)18(16,17)14-7(3)10(15)11-5-2/h6-7,14H,4-5H2,1-3H3,(H,11,15)(H,12,13). The zero-order chi connectivity index (χ0) is 13.8. The molecule has 1 aromatic heterocycles. The third-order valence-electron chi connectivity index (χ3n) is 2.31. The van der Waals surface area contributed by atoms with Crippen LogP contribution in [0, 0.1) is 0 Å². The van der Waals surface area contributed by atoms with Crippen LogP contribution in [0.1, 0.15) is 26.6 Å². The number of rotatable bonds is 6. The van der Waals surface area contributed by atoms with Crippen molar-refractivity contribution in [2.75, 3.05) is 6.54 Å². The van der Waals surface area contributed by atoms with Crippen molar-refractivity contribution in [2.24, 2.45) is 0 Å². The van der Waals surface area contributed by atoms with Gasteiger partial charge in [0.05, 0.1) is 12.2 Å². The van der Waals surface area contributed by atoms with Crippen LogP contribution in [0.3, 0.4) is 0 Å². The molecule has 18 heavy (non-hydrogen) atoms. The lowest BCUT2D eigenvalue weighted by Crippen LogP contribution is -2.44. The lowest BCUT2D eigenvalue weighted by Gasteiger charge is -2.12. The van der Waals surface area contributed by atoms with E-state index in [1.807, 2.05) is 6.92 Å². The number of nitrogens with zero attached hydrogens (tertiary/aromatic N) is 1. The maximum absolute atomic E-state index is 11.9. The van der Waals surface area contributed by atoms with E-state index in [-0.39, 0.29) is 10.9 Å². The van der Waals surface area contributed by atoms with Gasteiger partial charge in [-0.15, -0.1) is 0 Å². The number of carbonyl (C=O) groups is 1. The van der Waals surface area contributed by atoms with Gasteiger partial charge in [0.2, 0.25) is 5.91 Å². The molecule has 1 amide bonds. The van der Waals surface area contributed by atoms with Crippen molar-refractivity contribution in [1.29, 1.82) is 0 Å². The monoisotopic (exact) mass is 274 g/mol. The first-order valence-corrected chi connectivity index (χ1v) is 7.23. The Labute approximate surface area is 106 Å². The molecule has 1 aromatic rings. The van der Waals surface area contributed by atoms with Crippen LogP contribution in [-0.4, -0.2) is 36.9 Å². The normalized spacial score (nSPS) is 13.3. The number of hydrogen-bond donors (Lipinski definition) is 3. The maximum Gasteiger partial charge on any atom is 0.258 e. The molecule has 102 valence electrons. The Bertz CT molecular complexity index is 509. The van der Waals surface area contributed by atoms with Crippen LogP contribution in [-0.2, 0) is 21.2 Å². The van der Waals surface area contributed by atoms with Crippen LogP contribution in [0.15, 0.2) is 11.2 Å². The SMILES string of the molecule is CCNC(=O)C(C)NS(=O)(=O)c1cnc(CC)[nH]1. The number of aryl methyl sites for hydroxylation is 1. The summed E-state index contributed by atoms with van der Waals surface area (Å²) in [6, 6.07) is -0.830. The molecule has 7 nitrogen and oxygen atoms in total. The van der Waals surface area contributed by atoms with Gasteiger partial charge in [0, 0.05) is 13.0 Å². The topological polar surface area (TPSA) is 104 Å². The van der Waals surface area contributed by atoms with Gasteiger partial charge in [-0.2, -0.15) is 4.72 Å². The quantitative estimate of drug-likeness (QED) is 0.666. The summed E-state index contributed by atoms with van der Waals surface area (Å²) in [6.07, 6.45) is 1.85. The molecular weight excluding hydrogens is 256 g/mol. The van der Waals surface area contributed by atoms with E-state index in [0.29, 0.717) is 18.8 Å². The zero-order valence-electron chi connectivity index (χ0n) is 10.6. The predicted octanol–water partition coefficient (Wildman–Crippen LogP) is -0.225. The first-order chi connectivity index (χ1) is 8.40. The molecule has 0 aromatic carbocycles. The van der Waals surface area contributed by atoms with Crippen LogP contribution in [0.5, 0.6) is 0 Å². The molecule has 1 atom stereocenters. The van der Waals surface area contributed by atoms with Crippen molar-refractivity contribution in [1.82, 2.24) is 20.0 Å². The fraction of sp³-hybridized carbons (Fsp3) is 0.600. The van der Waals surface area contributed by atoms with Crippen molar-refractivity contribution >= 4 is 15.9 Å². The molecule has 1 heterocycles. The average molecular weight is 274 g/mol.